The van der Waals surface area contributed by atoms with E-state index >= 15 is 0 Å². The smallest absolute Gasteiger partial charge is 0.302 e. The first-order chi connectivity index (χ1) is 19.5. The molecule has 204 valence electrons. The van der Waals surface area contributed by atoms with Crippen LogP contribution in [0.4, 0.5) is 0 Å². The van der Waals surface area contributed by atoms with Crippen molar-refractivity contribution >= 4 is 23.4 Å². The number of nitrogens with zero attached hydrogens (tertiary/aromatic N) is 2. The maximum atomic E-state index is 10.8. The third-order valence-electron chi connectivity index (χ3n) is 5.52. The third-order valence-corrected chi connectivity index (χ3v) is 5.52. The number of esters is 2. The van der Waals surface area contributed by atoms with Gasteiger partial charge >= 0.3 is 11.9 Å². The number of ether oxygens (including phenoxy) is 2. The van der Waals surface area contributed by atoms with Crippen molar-refractivity contribution < 1.29 is 19.1 Å². The highest BCUT2D eigenvalue weighted by atomic mass is 16.5. The van der Waals surface area contributed by atoms with Gasteiger partial charge in [0.15, 0.2) is 0 Å². The molecule has 4 rings (SSSR count). The summed E-state index contributed by atoms with van der Waals surface area (Å²) in [5, 5.41) is 0. The lowest BCUT2D eigenvalue weighted by Gasteiger charge is -2.07. The van der Waals surface area contributed by atoms with Gasteiger partial charge in [-0.1, -0.05) is 121 Å². The Bertz CT molecular complexity index is 1180. The average Bonchev–Trinajstić information content (AvgIpc) is 2.99. The number of aliphatic imine (C=N–C) groups is 2. The Labute approximate surface area is 236 Å². The van der Waals surface area contributed by atoms with Crippen LogP contribution in [0.3, 0.4) is 0 Å². The van der Waals surface area contributed by atoms with Gasteiger partial charge in [0.2, 0.25) is 0 Å². The van der Waals surface area contributed by atoms with Crippen LogP contribution in [0.15, 0.2) is 131 Å². The van der Waals surface area contributed by atoms with Crippen LogP contribution >= 0.6 is 0 Å². The fourth-order valence-corrected chi connectivity index (χ4v) is 3.78. The molecule has 0 fully saturated rings. The van der Waals surface area contributed by atoms with Crippen molar-refractivity contribution in [2.45, 2.75) is 13.8 Å². The molecular weight excluding hydrogens is 500 g/mol. The average molecular weight is 535 g/mol. The van der Waals surface area contributed by atoms with Gasteiger partial charge < -0.3 is 9.47 Å². The SMILES string of the molecule is CC(=O)OCCN=C(c1ccccc1)c1ccccc1.CC(=O)OCCN=C(c1ccccc1)c1ccccc1. The molecule has 0 radical (unpaired) electrons. The molecule has 0 N–H and O–H groups in total. The molecule has 0 unspecified atom stereocenters. The van der Waals surface area contributed by atoms with E-state index < -0.39 is 0 Å². The lowest BCUT2D eigenvalue weighted by molar-refractivity contribution is -0.141. The lowest BCUT2D eigenvalue weighted by atomic mass is 10.0. The van der Waals surface area contributed by atoms with E-state index in [2.05, 4.69) is 9.98 Å². The zero-order chi connectivity index (χ0) is 28.4. The monoisotopic (exact) mass is 534 g/mol. The van der Waals surface area contributed by atoms with Crippen molar-refractivity contribution in [2.24, 2.45) is 9.98 Å². The van der Waals surface area contributed by atoms with Gasteiger partial charge in [0.25, 0.3) is 0 Å². The van der Waals surface area contributed by atoms with E-state index in [0.717, 1.165) is 33.7 Å². The van der Waals surface area contributed by atoms with Gasteiger partial charge in [-0.3, -0.25) is 19.6 Å². The molecule has 0 bridgehead atoms. The second-order valence-electron chi connectivity index (χ2n) is 8.60. The quantitative estimate of drug-likeness (QED) is 0.138. The second kappa shape index (κ2) is 16.9. The zero-order valence-corrected chi connectivity index (χ0v) is 22.9. The van der Waals surface area contributed by atoms with E-state index in [1.165, 1.54) is 13.8 Å². The molecule has 0 atom stereocenters. The largest absolute Gasteiger partial charge is 0.464 e. The molecule has 0 aromatic heterocycles. The van der Waals surface area contributed by atoms with E-state index in [1.54, 1.807) is 0 Å². The lowest BCUT2D eigenvalue weighted by Crippen LogP contribution is -2.08. The minimum absolute atomic E-state index is 0.277. The van der Waals surface area contributed by atoms with Crippen LogP contribution in [0.2, 0.25) is 0 Å². The molecule has 0 aliphatic carbocycles. The summed E-state index contributed by atoms with van der Waals surface area (Å²) in [5.41, 5.74) is 6.06. The normalized spacial score (nSPS) is 9.85. The Balaban J connectivity index is 0.000000220. The Morgan fingerprint density at radius 3 is 0.950 bits per heavy atom. The van der Waals surface area contributed by atoms with Crippen molar-refractivity contribution in [3.05, 3.63) is 144 Å². The Morgan fingerprint density at radius 1 is 0.475 bits per heavy atom. The van der Waals surface area contributed by atoms with Crippen LogP contribution in [0, 0.1) is 0 Å². The van der Waals surface area contributed by atoms with Crippen LogP contribution < -0.4 is 0 Å². The summed E-state index contributed by atoms with van der Waals surface area (Å²) < 4.78 is 9.84. The van der Waals surface area contributed by atoms with Crippen molar-refractivity contribution in [3.63, 3.8) is 0 Å². The Morgan fingerprint density at radius 2 is 0.725 bits per heavy atom. The van der Waals surface area contributed by atoms with E-state index in [-0.39, 0.29) is 11.9 Å². The van der Waals surface area contributed by atoms with Crippen LogP contribution in [0.1, 0.15) is 36.1 Å². The molecule has 0 aliphatic rings. The summed E-state index contributed by atoms with van der Waals surface area (Å²) in [6.07, 6.45) is 0. The first-order valence-corrected chi connectivity index (χ1v) is 13.1. The first-order valence-electron chi connectivity index (χ1n) is 13.1. The topological polar surface area (TPSA) is 77.3 Å². The van der Waals surface area contributed by atoms with E-state index in [0.29, 0.717) is 26.3 Å². The molecule has 6 heteroatoms. The van der Waals surface area contributed by atoms with Crippen molar-refractivity contribution in [3.8, 4) is 0 Å². The number of rotatable bonds is 10. The predicted octanol–water partition coefficient (Wildman–Crippen LogP) is 6.17. The van der Waals surface area contributed by atoms with Gasteiger partial charge in [-0.25, -0.2) is 0 Å². The molecule has 0 heterocycles. The van der Waals surface area contributed by atoms with Crippen molar-refractivity contribution in [2.75, 3.05) is 26.3 Å². The molecule has 4 aromatic rings. The van der Waals surface area contributed by atoms with Crippen LogP contribution in [0.5, 0.6) is 0 Å². The Hall–Kier alpha value is -4.84. The molecule has 0 amide bonds. The summed E-state index contributed by atoms with van der Waals surface area (Å²) in [6.45, 7) is 4.33. The van der Waals surface area contributed by atoms with Gasteiger partial charge in [-0.2, -0.15) is 0 Å². The third kappa shape index (κ3) is 10.5. The van der Waals surface area contributed by atoms with Crippen LogP contribution in [-0.2, 0) is 19.1 Å². The second-order valence-corrected chi connectivity index (χ2v) is 8.60. The van der Waals surface area contributed by atoms with Crippen LogP contribution in [0.25, 0.3) is 0 Å². The molecule has 0 spiro atoms. The van der Waals surface area contributed by atoms with E-state index in [9.17, 15) is 9.59 Å². The molecule has 6 nitrogen and oxygen atoms in total. The van der Waals surface area contributed by atoms with Crippen molar-refractivity contribution in [1.29, 1.82) is 0 Å². The summed E-state index contributed by atoms with van der Waals surface area (Å²) >= 11 is 0. The summed E-state index contributed by atoms with van der Waals surface area (Å²) in [5.74, 6) is -0.553. The van der Waals surface area contributed by atoms with E-state index in [4.69, 9.17) is 9.47 Å². The standard InChI is InChI=1S/2C17H17NO2/c2*1-14(19)20-13-12-18-17(15-8-4-2-5-9-15)16-10-6-3-7-11-16/h2*2-11H,12-13H2,1H3. The van der Waals surface area contributed by atoms with Gasteiger partial charge in [-0.15, -0.1) is 0 Å². The summed E-state index contributed by atoms with van der Waals surface area (Å²) in [6, 6.07) is 40.0. The fraction of sp³-hybridized carbons (Fsp3) is 0.176. The highest BCUT2D eigenvalue weighted by Gasteiger charge is 2.07. The number of hydrogen-bond acceptors (Lipinski definition) is 6. The molecule has 4 aromatic carbocycles. The number of hydrogen-bond donors (Lipinski definition) is 0. The Kier molecular flexibility index (Phi) is 12.5. The number of carbonyl (C=O) groups excluding carboxylic acids is 2. The minimum atomic E-state index is -0.277. The molecule has 0 saturated heterocycles. The predicted molar refractivity (Wildman–Crippen MR) is 160 cm³/mol. The highest BCUT2D eigenvalue weighted by Crippen LogP contribution is 2.12. The molecule has 0 aliphatic heterocycles. The van der Waals surface area contributed by atoms with Crippen LogP contribution in [-0.4, -0.2) is 49.7 Å². The molecular formula is C34H34N2O4. The van der Waals surface area contributed by atoms with Gasteiger partial charge in [0.1, 0.15) is 13.2 Å². The number of carbonyl (C=O) groups is 2. The van der Waals surface area contributed by atoms with Gasteiger partial charge in [-0.05, 0) is 0 Å². The van der Waals surface area contributed by atoms with Gasteiger partial charge in [0, 0.05) is 36.1 Å². The molecule has 40 heavy (non-hydrogen) atoms. The number of benzene rings is 4. The van der Waals surface area contributed by atoms with Gasteiger partial charge in [0.05, 0.1) is 24.5 Å². The fourth-order valence-electron chi connectivity index (χ4n) is 3.78. The minimum Gasteiger partial charge on any atom is -0.464 e. The van der Waals surface area contributed by atoms with Crippen molar-refractivity contribution in [1.82, 2.24) is 0 Å². The maximum Gasteiger partial charge on any atom is 0.302 e. The van der Waals surface area contributed by atoms with E-state index in [1.807, 2.05) is 121 Å². The zero-order valence-electron chi connectivity index (χ0n) is 22.9. The highest BCUT2D eigenvalue weighted by molar-refractivity contribution is 6.13. The molecule has 0 saturated carbocycles. The summed E-state index contributed by atoms with van der Waals surface area (Å²) in [7, 11) is 0. The first kappa shape index (κ1) is 29.7. The maximum absolute atomic E-state index is 10.8. The summed E-state index contributed by atoms with van der Waals surface area (Å²) in [4.78, 5) is 30.7.